The summed E-state index contributed by atoms with van der Waals surface area (Å²) >= 11 is 7.33. The van der Waals surface area contributed by atoms with E-state index >= 15 is 0 Å². The lowest BCUT2D eigenvalue weighted by atomic mass is 10.3. The van der Waals surface area contributed by atoms with Crippen molar-refractivity contribution >= 4 is 22.9 Å². The fourth-order valence-corrected chi connectivity index (χ4v) is 2.47. The molecule has 1 heterocycles. The van der Waals surface area contributed by atoms with Crippen LogP contribution >= 0.6 is 22.9 Å². The maximum atomic E-state index is 5.72. The van der Waals surface area contributed by atoms with Gasteiger partial charge in [-0.15, -0.1) is 22.9 Å². The molecule has 0 aliphatic carbocycles. The number of alkyl halides is 1. The van der Waals surface area contributed by atoms with Gasteiger partial charge in [-0.2, -0.15) is 0 Å². The van der Waals surface area contributed by atoms with E-state index in [0.29, 0.717) is 19.1 Å². The Morgan fingerprint density at radius 2 is 2.25 bits per heavy atom. The van der Waals surface area contributed by atoms with Crippen molar-refractivity contribution in [3.05, 3.63) is 16.1 Å². The van der Waals surface area contributed by atoms with E-state index in [-0.39, 0.29) is 6.10 Å². The van der Waals surface area contributed by atoms with Gasteiger partial charge >= 0.3 is 0 Å². The molecule has 0 amide bonds. The van der Waals surface area contributed by atoms with Crippen molar-refractivity contribution in [3.63, 3.8) is 0 Å². The van der Waals surface area contributed by atoms with Gasteiger partial charge in [-0.05, 0) is 13.3 Å². The number of hydrogen-bond donors (Lipinski definition) is 0. The van der Waals surface area contributed by atoms with E-state index in [1.165, 1.54) is 0 Å². The van der Waals surface area contributed by atoms with Crippen LogP contribution in [0.25, 0.3) is 0 Å². The predicted octanol–water partition coefficient (Wildman–Crippen LogP) is 3.39. The van der Waals surface area contributed by atoms with E-state index in [4.69, 9.17) is 21.1 Å². The van der Waals surface area contributed by atoms with Crippen molar-refractivity contribution in [3.8, 4) is 0 Å². The number of hydrogen-bond acceptors (Lipinski definition) is 4. The third-order valence-electron chi connectivity index (χ3n) is 2.10. The quantitative estimate of drug-likeness (QED) is 0.532. The molecule has 1 aromatic rings. The molecule has 0 saturated heterocycles. The molecule has 0 aromatic carbocycles. The Morgan fingerprint density at radius 1 is 1.44 bits per heavy atom. The molecule has 5 heteroatoms. The van der Waals surface area contributed by atoms with Crippen molar-refractivity contribution in [2.75, 3.05) is 19.8 Å². The van der Waals surface area contributed by atoms with E-state index in [2.05, 4.69) is 11.9 Å². The standard InChI is InChI=1S/C11H18ClNO2S/c1-3-10(15-6-5-14-4-2)11-13-9(7-12)8-16-11/h8,10H,3-7H2,1-2H3. The average Bonchev–Trinajstić information content (AvgIpc) is 2.78. The summed E-state index contributed by atoms with van der Waals surface area (Å²) in [5.74, 6) is 0.464. The molecule has 0 spiro atoms. The second kappa shape index (κ2) is 8.01. The molecule has 3 nitrogen and oxygen atoms in total. The lowest BCUT2D eigenvalue weighted by Gasteiger charge is -2.13. The van der Waals surface area contributed by atoms with Gasteiger partial charge in [-0.1, -0.05) is 6.92 Å². The highest BCUT2D eigenvalue weighted by molar-refractivity contribution is 7.09. The number of nitrogens with zero attached hydrogens (tertiary/aromatic N) is 1. The second-order valence-electron chi connectivity index (χ2n) is 3.28. The Balaban J connectivity index is 2.40. The molecule has 16 heavy (non-hydrogen) atoms. The van der Waals surface area contributed by atoms with Gasteiger partial charge in [0.05, 0.1) is 24.8 Å². The predicted molar refractivity (Wildman–Crippen MR) is 67.1 cm³/mol. The summed E-state index contributed by atoms with van der Waals surface area (Å²) in [7, 11) is 0. The summed E-state index contributed by atoms with van der Waals surface area (Å²) in [5.41, 5.74) is 0.925. The normalized spacial score (nSPS) is 12.9. The van der Waals surface area contributed by atoms with E-state index in [1.807, 2.05) is 12.3 Å². The fourth-order valence-electron chi connectivity index (χ4n) is 1.29. The highest BCUT2D eigenvalue weighted by atomic mass is 35.5. The minimum absolute atomic E-state index is 0.0717. The van der Waals surface area contributed by atoms with Gasteiger partial charge in [0.15, 0.2) is 0 Å². The first-order valence-corrected chi connectivity index (χ1v) is 6.92. The van der Waals surface area contributed by atoms with Gasteiger partial charge in [0.2, 0.25) is 0 Å². The minimum atomic E-state index is 0.0717. The van der Waals surface area contributed by atoms with Crippen LogP contribution in [-0.4, -0.2) is 24.8 Å². The molecule has 0 N–H and O–H groups in total. The summed E-state index contributed by atoms with van der Waals surface area (Å²) in [6.45, 7) is 6.05. The molecule has 1 rings (SSSR count). The third kappa shape index (κ3) is 4.37. The van der Waals surface area contributed by atoms with E-state index in [0.717, 1.165) is 23.7 Å². The first kappa shape index (κ1) is 13.9. The van der Waals surface area contributed by atoms with Crippen molar-refractivity contribution in [1.82, 2.24) is 4.98 Å². The molecule has 0 radical (unpaired) electrons. The molecule has 1 atom stereocenters. The molecule has 0 aliphatic rings. The Morgan fingerprint density at radius 3 is 2.81 bits per heavy atom. The van der Waals surface area contributed by atoms with Crippen LogP contribution in [0.15, 0.2) is 5.38 Å². The van der Waals surface area contributed by atoms with Crippen LogP contribution in [0.1, 0.15) is 37.1 Å². The van der Waals surface area contributed by atoms with Gasteiger partial charge in [0.25, 0.3) is 0 Å². The molecular weight excluding hydrogens is 246 g/mol. The van der Waals surface area contributed by atoms with Gasteiger partial charge in [0, 0.05) is 12.0 Å². The summed E-state index contributed by atoms with van der Waals surface area (Å²) in [6, 6.07) is 0. The summed E-state index contributed by atoms with van der Waals surface area (Å²) < 4.78 is 10.9. The Bertz CT molecular complexity index is 293. The molecule has 0 fully saturated rings. The number of halogens is 1. The molecule has 1 unspecified atom stereocenters. The molecular formula is C11H18ClNO2S. The summed E-state index contributed by atoms with van der Waals surface area (Å²) in [6.07, 6.45) is 0.990. The lowest BCUT2D eigenvalue weighted by molar-refractivity contribution is 0.00476. The number of thiazole rings is 1. The van der Waals surface area contributed by atoms with Gasteiger partial charge in [-0.3, -0.25) is 0 Å². The summed E-state index contributed by atoms with van der Waals surface area (Å²) in [4.78, 5) is 4.42. The van der Waals surface area contributed by atoms with E-state index < -0.39 is 0 Å². The van der Waals surface area contributed by atoms with Crippen LogP contribution in [0.5, 0.6) is 0 Å². The monoisotopic (exact) mass is 263 g/mol. The largest absolute Gasteiger partial charge is 0.379 e. The minimum Gasteiger partial charge on any atom is -0.379 e. The third-order valence-corrected chi connectivity index (χ3v) is 3.36. The first-order chi connectivity index (χ1) is 7.81. The van der Waals surface area contributed by atoms with Crippen molar-refractivity contribution < 1.29 is 9.47 Å². The molecule has 0 bridgehead atoms. The number of rotatable bonds is 8. The van der Waals surface area contributed by atoms with Gasteiger partial charge in [0.1, 0.15) is 11.1 Å². The highest BCUT2D eigenvalue weighted by Crippen LogP contribution is 2.24. The molecule has 0 aliphatic heterocycles. The number of ether oxygens (including phenoxy) is 2. The van der Waals surface area contributed by atoms with Gasteiger partial charge in [-0.25, -0.2) is 4.98 Å². The SMILES string of the molecule is CCOCCOC(CC)c1nc(CCl)cs1. The van der Waals surface area contributed by atoms with E-state index in [9.17, 15) is 0 Å². The zero-order valence-electron chi connectivity index (χ0n) is 9.74. The van der Waals surface area contributed by atoms with Crippen molar-refractivity contribution in [2.24, 2.45) is 0 Å². The van der Waals surface area contributed by atoms with Crippen LogP contribution in [0, 0.1) is 0 Å². The Kier molecular flexibility index (Phi) is 6.96. The van der Waals surface area contributed by atoms with Crippen molar-refractivity contribution in [1.29, 1.82) is 0 Å². The zero-order valence-corrected chi connectivity index (χ0v) is 11.3. The van der Waals surface area contributed by atoms with Crippen molar-refractivity contribution in [2.45, 2.75) is 32.3 Å². The molecule has 92 valence electrons. The smallest absolute Gasteiger partial charge is 0.122 e. The summed E-state index contributed by atoms with van der Waals surface area (Å²) in [5, 5.41) is 2.99. The first-order valence-electron chi connectivity index (χ1n) is 5.51. The van der Waals surface area contributed by atoms with Crippen LogP contribution < -0.4 is 0 Å². The molecule has 1 aromatic heterocycles. The Hall–Kier alpha value is -0.160. The maximum Gasteiger partial charge on any atom is 0.122 e. The van der Waals surface area contributed by atoms with Gasteiger partial charge < -0.3 is 9.47 Å². The number of aromatic nitrogens is 1. The average molecular weight is 264 g/mol. The fraction of sp³-hybridized carbons (Fsp3) is 0.727. The molecule has 0 saturated carbocycles. The Labute approximate surface area is 106 Å². The topological polar surface area (TPSA) is 31.4 Å². The van der Waals surface area contributed by atoms with Crippen LogP contribution in [0.2, 0.25) is 0 Å². The maximum absolute atomic E-state index is 5.72. The van der Waals surface area contributed by atoms with Crippen LogP contribution in [0.4, 0.5) is 0 Å². The van der Waals surface area contributed by atoms with E-state index in [1.54, 1.807) is 11.3 Å². The van der Waals surface area contributed by atoms with Crippen LogP contribution in [-0.2, 0) is 15.4 Å². The highest BCUT2D eigenvalue weighted by Gasteiger charge is 2.13. The second-order valence-corrected chi connectivity index (χ2v) is 4.43. The zero-order chi connectivity index (χ0) is 11.8. The van der Waals surface area contributed by atoms with Crippen LogP contribution in [0.3, 0.4) is 0 Å². The lowest BCUT2D eigenvalue weighted by Crippen LogP contribution is -2.09.